The monoisotopic (exact) mass is 217 g/mol. The van der Waals surface area contributed by atoms with E-state index in [1.807, 2.05) is 0 Å². The normalized spacial score (nSPS) is 15.3. The maximum Gasteiger partial charge on any atom is 0.126 e. The van der Waals surface area contributed by atoms with E-state index in [4.69, 9.17) is 17.3 Å². The third-order valence-corrected chi connectivity index (χ3v) is 2.42. The Morgan fingerprint density at radius 1 is 1.50 bits per heavy atom. The number of benzene rings is 1. The molecule has 0 fully saturated rings. The van der Waals surface area contributed by atoms with Gasteiger partial charge in [-0.1, -0.05) is 11.6 Å². The molecule has 0 aliphatic rings. The fourth-order valence-corrected chi connectivity index (χ4v) is 1.50. The van der Waals surface area contributed by atoms with Crippen LogP contribution in [-0.4, -0.2) is 11.1 Å². The van der Waals surface area contributed by atoms with Crippen LogP contribution in [0.25, 0.3) is 0 Å². The number of nitrogens with two attached hydrogens (primary N) is 1. The summed E-state index contributed by atoms with van der Waals surface area (Å²) in [5.74, 6) is -0.385. The van der Waals surface area contributed by atoms with E-state index in [1.165, 1.54) is 12.1 Å². The highest BCUT2D eigenvalue weighted by Crippen LogP contribution is 2.27. The first-order chi connectivity index (χ1) is 6.43. The number of aryl methyl sites for hydroxylation is 1. The van der Waals surface area contributed by atoms with E-state index in [0.717, 1.165) is 0 Å². The van der Waals surface area contributed by atoms with Crippen molar-refractivity contribution in [3.05, 3.63) is 34.1 Å². The quantitative estimate of drug-likeness (QED) is 0.798. The first kappa shape index (κ1) is 11.4. The molecule has 0 saturated heterocycles. The summed E-state index contributed by atoms with van der Waals surface area (Å²) in [6.45, 7) is 3.25. The minimum atomic E-state index is -0.933. The molecule has 2 nitrogen and oxygen atoms in total. The summed E-state index contributed by atoms with van der Waals surface area (Å²) in [7, 11) is 0. The van der Waals surface area contributed by atoms with Gasteiger partial charge in [-0.2, -0.15) is 0 Å². The lowest BCUT2D eigenvalue weighted by molar-refractivity contribution is 0.153. The van der Waals surface area contributed by atoms with E-state index in [1.54, 1.807) is 13.8 Å². The zero-order valence-corrected chi connectivity index (χ0v) is 8.85. The molecule has 0 saturated carbocycles. The summed E-state index contributed by atoms with van der Waals surface area (Å²) in [5.41, 5.74) is 6.29. The third-order valence-electron chi connectivity index (χ3n) is 2.09. The highest BCUT2D eigenvalue weighted by atomic mass is 35.5. The molecular weight excluding hydrogens is 205 g/mol. The Kier molecular flexibility index (Phi) is 3.48. The van der Waals surface area contributed by atoms with Gasteiger partial charge < -0.3 is 10.8 Å². The van der Waals surface area contributed by atoms with E-state index in [0.29, 0.717) is 16.1 Å². The van der Waals surface area contributed by atoms with Crippen LogP contribution in [0.5, 0.6) is 0 Å². The topological polar surface area (TPSA) is 46.2 Å². The summed E-state index contributed by atoms with van der Waals surface area (Å²) in [6, 6.07) is 2.23. The van der Waals surface area contributed by atoms with Crippen molar-refractivity contribution in [2.45, 2.75) is 26.0 Å². The molecule has 0 unspecified atom stereocenters. The average Bonchev–Trinajstić information content (AvgIpc) is 2.10. The van der Waals surface area contributed by atoms with E-state index in [-0.39, 0.29) is 5.82 Å². The van der Waals surface area contributed by atoms with E-state index >= 15 is 0 Å². The maximum atomic E-state index is 13.2. The van der Waals surface area contributed by atoms with E-state index < -0.39 is 12.1 Å². The van der Waals surface area contributed by atoms with Crippen molar-refractivity contribution in [3.63, 3.8) is 0 Å². The summed E-state index contributed by atoms with van der Waals surface area (Å²) in [6.07, 6.45) is -0.933. The van der Waals surface area contributed by atoms with Gasteiger partial charge in [0, 0.05) is 16.6 Å². The Labute approximate surface area is 87.5 Å². The fraction of sp³-hybridized carbons (Fsp3) is 0.400. The first-order valence-electron chi connectivity index (χ1n) is 4.32. The number of hydrogen-bond acceptors (Lipinski definition) is 2. The standard InChI is InChI=1S/C10H13ClFNO/c1-5-3-8(11)7(4-9(5)12)10(14)6(2)13/h3-4,6,10,14H,13H2,1-2H3/t6-,10-/m1/s1. The second-order valence-corrected chi connectivity index (χ2v) is 3.83. The lowest BCUT2D eigenvalue weighted by Crippen LogP contribution is -2.24. The molecule has 0 spiro atoms. The van der Waals surface area contributed by atoms with E-state index in [9.17, 15) is 9.50 Å². The Morgan fingerprint density at radius 3 is 2.57 bits per heavy atom. The van der Waals surface area contributed by atoms with Gasteiger partial charge in [-0.25, -0.2) is 4.39 Å². The minimum Gasteiger partial charge on any atom is -0.387 e. The molecule has 4 heteroatoms. The van der Waals surface area contributed by atoms with Gasteiger partial charge in [0.05, 0.1) is 6.10 Å². The van der Waals surface area contributed by atoms with Crippen molar-refractivity contribution < 1.29 is 9.50 Å². The minimum absolute atomic E-state index is 0.338. The molecule has 0 heterocycles. The summed E-state index contributed by atoms with van der Waals surface area (Å²) in [5, 5.41) is 9.96. The smallest absolute Gasteiger partial charge is 0.126 e. The molecule has 0 aromatic heterocycles. The highest BCUT2D eigenvalue weighted by Gasteiger charge is 2.17. The van der Waals surface area contributed by atoms with Gasteiger partial charge in [0.15, 0.2) is 0 Å². The Hall–Kier alpha value is -0.640. The van der Waals surface area contributed by atoms with Crippen LogP contribution in [0.4, 0.5) is 4.39 Å². The number of hydrogen-bond donors (Lipinski definition) is 2. The largest absolute Gasteiger partial charge is 0.387 e. The molecule has 0 bridgehead atoms. The molecule has 1 aromatic rings. The van der Waals surface area contributed by atoms with Crippen LogP contribution in [0.2, 0.25) is 5.02 Å². The lowest BCUT2D eigenvalue weighted by atomic mass is 10.0. The summed E-state index contributed by atoms with van der Waals surface area (Å²) < 4.78 is 13.2. The summed E-state index contributed by atoms with van der Waals surface area (Å²) >= 11 is 5.86. The molecule has 0 radical (unpaired) electrons. The van der Waals surface area contributed by atoms with Crippen LogP contribution in [0.15, 0.2) is 12.1 Å². The zero-order valence-electron chi connectivity index (χ0n) is 8.09. The van der Waals surface area contributed by atoms with Crippen molar-refractivity contribution >= 4 is 11.6 Å². The number of aliphatic hydroxyl groups is 1. The molecule has 1 rings (SSSR count). The zero-order chi connectivity index (χ0) is 10.9. The predicted molar refractivity (Wildman–Crippen MR) is 54.8 cm³/mol. The molecule has 0 aliphatic carbocycles. The molecule has 1 aromatic carbocycles. The molecule has 78 valence electrons. The second-order valence-electron chi connectivity index (χ2n) is 3.43. The van der Waals surface area contributed by atoms with Crippen molar-refractivity contribution in [2.24, 2.45) is 5.73 Å². The van der Waals surface area contributed by atoms with Crippen LogP contribution in [0.3, 0.4) is 0 Å². The van der Waals surface area contributed by atoms with E-state index in [2.05, 4.69) is 0 Å². The molecule has 0 amide bonds. The number of aliphatic hydroxyl groups excluding tert-OH is 1. The maximum absolute atomic E-state index is 13.2. The van der Waals surface area contributed by atoms with Crippen LogP contribution < -0.4 is 5.73 Å². The molecule has 3 N–H and O–H groups in total. The Bertz CT molecular complexity index is 341. The molecular formula is C10H13ClFNO. The van der Waals surface area contributed by atoms with Gasteiger partial charge in [0.25, 0.3) is 0 Å². The predicted octanol–water partition coefficient (Wildman–Crippen LogP) is 2.17. The highest BCUT2D eigenvalue weighted by molar-refractivity contribution is 6.31. The number of halogens is 2. The Morgan fingerprint density at radius 2 is 2.07 bits per heavy atom. The molecule has 14 heavy (non-hydrogen) atoms. The summed E-state index contributed by atoms with van der Waals surface area (Å²) in [4.78, 5) is 0. The fourth-order valence-electron chi connectivity index (χ4n) is 1.17. The van der Waals surface area contributed by atoms with Crippen molar-refractivity contribution in [1.29, 1.82) is 0 Å². The van der Waals surface area contributed by atoms with Crippen molar-refractivity contribution in [2.75, 3.05) is 0 Å². The van der Waals surface area contributed by atoms with Crippen LogP contribution in [0, 0.1) is 12.7 Å². The van der Waals surface area contributed by atoms with Crippen molar-refractivity contribution in [1.82, 2.24) is 0 Å². The van der Waals surface area contributed by atoms with Crippen molar-refractivity contribution in [3.8, 4) is 0 Å². The van der Waals surface area contributed by atoms with Gasteiger partial charge in [-0.05, 0) is 31.5 Å². The SMILES string of the molecule is Cc1cc(Cl)c([C@H](O)[C@@H](C)N)cc1F. The Balaban J connectivity index is 3.15. The lowest BCUT2D eigenvalue weighted by Gasteiger charge is -2.16. The number of rotatable bonds is 2. The van der Waals surface area contributed by atoms with Crippen LogP contribution in [-0.2, 0) is 0 Å². The molecule has 2 atom stereocenters. The van der Waals surface area contributed by atoms with Gasteiger partial charge in [0.1, 0.15) is 5.82 Å². The third kappa shape index (κ3) is 2.23. The van der Waals surface area contributed by atoms with Gasteiger partial charge in [-0.3, -0.25) is 0 Å². The molecule has 0 aliphatic heterocycles. The van der Waals surface area contributed by atoms with Gasteiger partial charge >= 0.3 is 0 Å². The first-order valence-corrected chi connectivity index (χ1v) is 4.70. The second kappa shape index (κ2) is 4.26. The average molecular weight is 218 g/mol. The van der Waals surface area contributed by atoms with Crippen LogP contribution in [0.1, 0.15) is 24.2 Å². The van der Waals surface area contributed by atoms with Gasteiger partial charge in [0.2, 0.25) is 0 Å². The van der Waals surface area contributed by atoms with Gasteiger partial charge in [-0.15, -0.1) is 0 Å². The van der Waals surface area contributed by atoms with Crippen LogP contribution >= 0.6 is 11.6 Å².